The lowest BCUT2D eigenvalue weighted by atomic mass is 10.2. The number of amides is 1. The third kappa shape index (κ3) is 6.69. The van der Waals surface area contributed by atoms with E-state index in [0.717, 1.165) is 0 Å². The molecule has 0 aliphatic carbocycles. The molecule has 1 amide bonds. The molecule has 0 atom stereocenters. The molecule has 0 bridgehead atoms. The van der Waals surface area contributed by atoms with Gasteiger partial charge in [-0.1, -0.05) is 6.07 Å². The van der Waals surface area contributed by atoms with E-state index in [2.05, 4.69) is 30.9 Å². The molecule has 2 rings (SSSR count). The average molecular weight is 381 g/mol. The normalized spacial score (nSPS) is 11.0. The molecule has 4 N–H and O–H groups in total. The van der Waals surface area contributed by atoms with Gasteiger partial charge in [-0.2, -0.15) is 15.0 Å². The van der Waals surface area contributed by atoms with Gasteiger partial charge in [0.2, 0.25) is 17.2 Å². The van der Waals surface area contributed by atoms with Crippen LogP contribution in [-0.2, 0) is 4.74 Å². The molecule has 0 radical (unpaired) electrons. The zero-order valence-electron chi connectivity index (χ0n) is 14.7. The summed E-state index contributed by atoms with van der Waals surface area (Å²) in [6, 6.07) is 6.95. The van der Waals surface area contributed by atoms with Gasteiger partial charge in [-0.25, -0.2) is 4.79 Å². The predicted molar refractivity (Wildman–Crippen MR) is 100.0 cm³/mol. The van der Waals surface area contributed by atoms with Crippen LogP contribution in [0.5, 0.6) is 0 Å². The molecule has 1 aromatic carbocycles. The van der Waals surface area contributed by atoms with Gasteiger partial charge in [0, 0.05) is 17.9 Å². The van der Waals surface area contributed by atoms with E-state index in [1.807, 2.05) is 0 Å². The lowest BCUT2D eigenvalue weighted by molar-refractivity contribution is 0.0636. The SMILES string of the molecule is CC(C)(C)OC(=O)Nc1cccc(Nc2nc(Cl)nc(NCCO)n2)c1. The molecule has 0 saturated carbocycles. The van der Waals surface area contributed by atoms with Gasteiger partial charge < -0.3 is 20.5 Å². The van der Waals surface area contributed by atoms with Crippen molar-refractivity contribution in [3.8, 4) is 0 Å². The molecule has 140 valence electrons. The summed E-state index contributed by atoms with van der Waals surface area (Å²) in [6.45, 7) is 5.59. The second-order valence-electron chi connectivity index (χ2n) is 6.23. The minimum absolute atomic E-state index is 0.00553. The van der Waals surface area contributed by atoms with Gasteiger partial charge in [-0.05, 0) is 50.6 Å². The number of carbonyl (C=O) groups is 1. The Balaban J connectivity index is 2.08. The highest BCUT2D eigenvalue weighted by Gasteiger charge is 2.16. The van der Waals surface area contributed by atoms with Gasteiger partial charge in [0.1, 0.15) is 5.60 Å². The third-order valence-corrected chi connectivity index (χ3v) is 2.94. The van der Waals surface area contributed by atoms with Crippen molar-refractivity contribution in [2.45, 2.75) is 26.4 Å². The van der Waals surface area contributed by atoms with Crippen molar-refractivity contribution in [3.63, 3.8) is 0 Å². The number of nitrogens with zero attached hydrogens (tertiary/aromatic N) is 3. The fraction of sp³-hybridized carbons (Fsp3) is 0.375. The smallest absolute Gasteiger partial charge is 0.412 e. The Bertz CT molecular complexity index is 766. The number of anilines is 4. The number of halogens is 1. The van der Waals surface area contributed by atoms with Crippen molar-refractivity contribution < 1.29 is 14.6 Å². The minimum atomic E-state index is -0.584. The highest BCUT2D eigenvalue weighted by Crippen LogP contribution is 2.20. The molecule has 0 aliphatic heterocycles. The van der Waals surface area contributed by atoms with Crippen molar-refractivity contribution >= 4 is 41.0 Å². The molecular weight excluding hydrogens is 360 g/mol. The Morgan fingerprint density at radius 2 is 1.88 bits per heavy atom. The van der Waals surface area contributed by atoms with E-state index in [9.17, 15) is 4.79 Å². The third-order valence-electron chi connectivity index (χ3n) is 2.77. The lowest BCUT2D eigenvalue weighted by Gasteiger charge is -2.19. The molecule has 26 heavy (non-hydrogen) atoms. The van der Waals surface area contributed by atoms with Crippen LogP contribution < -0.4 is 16.0 Å². The first-order valence-corrected chi connectivity index (χ1v) is 8.26. The second kappa shape index (κ2) is 8.63. The van der Waals surface area contributed by atoms with Crippen molar-refractivity contribution in [2.24, 2.45) is 0 Å². The topological polar surface area (TPSA) is 121 Å². The van der Waals surface area contributed by atoms with E-state index in [1.165, 1.54) is 0 Å². The van der Waals surface area contributed by atoms with E-state index < -0.39 is 11.7 Å². The molecule has 0 fully saturated rings. The molecule has 0 saturated heterocycles. The number of aromatic nitrogens is 3. The zero-order valence-corrected chi connectivity index (χ0v) is 15.5. The maximum absolute atomic E-state index is 11.9. The molecule has 0 unspecified atom stereocenters. The predicted octanol–water partition coefficient (Wildman–Crippen LogP) is 3.02. The summed E-state index contributed by atoms with van der Waals surface area (Å²) in [4.78, 5) is 23.9. The monoisotopic (exact) mass is 380 g/mol. The number of nitrogens with one attached hydrogen (secondary N) is 3. The van der Waals surface area contributed by atoms with Gasteiger partial charge in [-0.15, -0.1) is 0 Å². The second-order valence-corrected chi connectivity index (χ2v) is 6.57. The largest absolute Gasteiger partial charge is 0.444 e. The van der Waals surface area contributed by atoms with E-state index in [0.29, 0.717) is 11.4 Å². The van der Waals surface area contributed by atoms with Gasteiger partial charge in [-0.3, -0.25) is 5.32 Å². The molecule has 10 heteroatoms. The first-order valence-electron chi connectivity index (χ1n) is 7.88. The number of aliphatic hydroxyl groups is 1. The first kappa shape index (κ1) is 19.7. The number of benzene rings is 1. The number of carbonyl (C=O) groups excluding carboxylic acids is 1. The maximum atomic E-state index is 11.9. The van der Waals surface area contributed by atoms with E-state index in [1.54, 1.807) is 45.0 Å². The average Bonchev–Trinajstić information content (AvgIpc) is 2.50. The van der Waals surface area contributed by atoms with Crippen LogP contribution in [0.4, 0.5) is 28.1 Å². The fourth-order valence-corrected chi connectivity index (χ4v) is 2.04. The van der Waals surface area contributed by atoms with Gasteiger partial charge in [0.05, 0.1) is 6.61 Å². The highest BCUT2D eigenvalue weighted by atomic mass is 35.5. The summed E-state index contributed by atoms with van der Waals surface area (Å²) >= 11 is 5.88. The summed E-state index contributed by atoms with van der Waals surface area (Å²) in [5.41, 5.74) is 0.594. The standard InChI is InChI=1S/C16H21ClN6O3/c1-16(2,3)26-15(25)20-11-6-4-5-10(9-11)19-14-22-12(17)21-13(23-14)18-7-8-24/h4-6,9,24H,7-8H2,1-3H3,(H,20,25)(H2,18,19,21,22,23). The number of rotatable bonds is 6. The van der Waals surface area contributed by atoms with Crippen molar-refractivity contribution in [1.29, 1.82) is 0 Å². The molecule has 2 aromatic rings. The van der Waals surface area contributed by atoms with E-state index in [4.69, 9.17) is 21.4 Å². The first-order chi connectivity index (χ1) is 12.2. The molecule has 0 spiro atoms. The molecular formula is C16H21ClN6O3. The Morgan fingerprint density at radius 3 is 2.58 bits per heavy atom. The number of hydrogen-bond acceptors (Lipinski definition) is 8. The highest BCUT2D eigenvalue weighted by molar-refractivity contribution is 6.28. The number of aliphatic hydroxyl groups excluding tert-OH is 1. The Hall–Kier alpha value is -2.65. The Kier molecular flexibility index (Phi) is 6.53. The maximum Gasteiger partial charge on any atom is 0.412 e. The number of ether oxygens (including phenoxy) is 1. The van der Waals surface area contributed by atoms with Crippen LogP contribution >= 0.6 is 11.6 Å². The zero-order chi connectivity index (χ0) is 19.2. The fourth-order valence-electron chi connectivity index (χ4n) is 1.88. The van der Waals surface area contributed by atoms with Crippen LogP contribution in [0.3, 0.4) is 0 Å². The van der Waals surface area contributed by atoms with Crippen molar-refractivity contribution in [2.75, 3.05) is 29.1 Å². The van der Waals surface area contributed by atoms with Crippen molar-refractivity contribution in [3.05, 3.63) is 29.5 Å². The van der Waals surface area contributed by atoms with Gasteiger partial charge in [0.15, 0.2) is 0 Å². The van der Waals surface area contributed by atoms with Crippen LogP contribution in [0, 0.1) is 0 Å². The quantitative estimate of drug-likeness (QED) is 0.603. The molecule has 9 nitrogen and oxygen atoms in total. The molecule has 0 aliphatic rings. The summed E-state index contributed by atoms with van der Waals surface area (Å²) in [6.07, 6.45) is -0.548. The van der Waals surface area contributed by atoms with Gasteiger partial charge >= 0.3 is 6.09 Å². The van der Waals surface area contributed by atoms with E-state index in [-0.39, 0.29) is 30.3 Å². The van der Waals surface area contributed by atoms with Crippen LogP contribution in [0.15, 0.2) is 24.3 Å². The van der Waals surface area contributed by atoms with E-state index >= 15 is 0 Å². The Morgan fingerprint density at radius 1 is 1.19 bits per heavy atom. The minimum Gasteiger partial charge on any atom is -0.444 e. The summed E-state index contributed by atoms with van der Waals surface area (Å²) in [5.74, 6) is 0.462. The Labute approximate surface area is 156 Å². The van der Waals surface area contributed by atoms with Gasteiger partial charge in [0.25, 0.3) is 0 Å². The lowest BCUT2D eigenvalue weighted by Crippen LogP contribution is -2.27. The van der Waals surface area contributed by atoms with Crippen molar-refractivity contribution in [1.82, 2.24) is 15.0 Å². The summed E-state index contributed by atoms with van der Waals surface area (Å²) in [5, 5.41) is 17.3. The summed E-state index contributed by atoms with van der Waals surface area (Å²) < 4.78 is 5.22. The number of hydrogen-bond donors (Lipinski definition) is 4. The van der Waals surface area contributed by atoms with Crippen LogP contribution in [0.25, 0.3) is 0 Å². The molecule has 1 aromatic heterocycles. The van der Waals surface area contributed by atoms with Crippen LogP contribution in [0.2, 0.25) is 5.28 Å². The van der Waals surface area contributed by atoms with Crippen LogP contribution in [-0.4, -0.2) is 44.9 Å². The molecule has 1 heterocycles. The van der Waals surface area contributed by atoms with Crippen LogP contribution in [0.1, 0.15) is 20.8 Å². The summed E-state index contributed by atoms with van der Waals surface area (Å²) in [7, 11) is 0.